The molecule has 122 valence electrons. The molecule has 5 nitrogen and oxygen atoms in total. The van der Waals surface area contributed by atoms with Gasteiger partial charge in [-0.1, -0.05) is 30.3 Å². The molecule has 2 rings (SSSR count). The molecule has 0 aromatic heterocycles. The first kappa shape index (κ1) is 17.2. The predicted octanol–water partition coefficient (Wildman–Crippen LogP) is 3.55. The molecule has 1 saturated heterocycles. The summed E-state index contributed by atoms with van der Waals surface area (Å²) in [7, 11) is 0. The molecular weight excluding hydrogens is 326 g/mol. The van der Waals surface area contributed by atoms with Gasteiger partial charge in [0.1, 0.15) is 16.9 Å². The molecule has 1 fully saturated rings. The van der Waals surface area contributed by atoms with Crippen LogP contribution in [0.5, 0.6) is 0 Å². The summed E-state index contributed by atoms with van der Waals surface area (Å²) in [6.07, 6.45) is 2.31. The SMILES string of the molecule is C=C(Cl)CON=C(CC)C1=C(O)CC2(CCSCC2)OC1=O. The number of halogens is 1. The van der Waals surface area contributed by atoms with Gasteiger partial charge in [0.2, 0.25) is 0 Å². The van der Waals surface area contributed by atoms with E-state index in [9.17, 15) is 9.90 Å². The van der Waals surface area contributed by atoms with Crippen molar-refractivity contribution in [1.29, 1.82) is 0 Å². The maximum atomic E-state index is 12.3. The Balaban J connectivity index is 2.19. The maximum absolute atomic E-state index is 12.3. The lowest BCUT2D eigenvalue weighted by molar-refractivity contribution is -0.158. The van der Waals surface area contributed by atoms with Gasteiger partial charge in [-0.2, -0.15) is 11.8 Å². The smallest absolute Gasteiger partial charge is 0.344 e. The van der Waals surface area contributed by atoms with E-state index in [1.807, 2.05) is 18.7 Å². The summed E-state index contributed by atoms with van der Waals surface area (Å²) in [6.45, 7) is 5.37. The van der Waals surface area contributed by atoms with Crippen LogP contribution in [-0.4, -0.2) is 40.5 Å². The molecule has 0 amide bonds. The number of carbonyl (C=O) groups excluding carboxylic acids is 1. The number of hydrogen-bond acceptors (Lipinski definition) is 6. The summed E-state index contributed by atoms with van der Waals surface area (Å²) in [4.78, 5) is 17.4. The Hall–Kier alpha value is -1.14. The zero-order valence-electron chi connectivity index (χ0n) is 12.6. The minimum absolute atomic E-state index is 0.0389. The van der Waals surface area contributed by atoms with Crippen molar-refractivity contribution in [3.8, 4) is 0 Å². The first-order valence-corrected chi connectivity index (χ1v) is 8.76. The Kier molecular flexibility index (Phi) is 5.81. The molecule has 7 heteroatoms. The molecule has 0 saturated carbocycles. The molecule has 2 aliphatic heterocycles. The van der Waals surface area contributed by atoms with Gasteiger partial charge in [-0.05, 0) is 30.8 Å². The average Bonchev–Trinajstić information content (AvgIpc) is 2.45. The summed E-state index contributed by atoms with van der Waals surface area (Å²) in [5.41, 5.74) is -0.0768. The van der Waals surface area contributed by atoms with Gasteiger partial charge in [0.15, 0.2) is 6.61 Å². The van der Waals surface area contributed by atoms with E-state index in [0.29, 0.717) is 23.6 Å². The highest BCUT2D eigenvalue weighted by Gasteiger charge is 2.43. The fourth-order valence-electron chi connectivity index (χ4n) is 2.57. The van der Waals surface area contributed by atoms with Gasteiger partial charge < -0.3 is 14.7 Å². The molecule has 0 unspecified atom stereocenters. The highest BCUT2D eigenvalue weighted by Crippen LogP contribution is 2.39. The van der Waals surface area contributed by atoms with Gasteiger partial charge >= 0.3 is 5.97 Å². The number of rotatable bonds is 5. The minimum Gasteiger partial charge on any atom is -0.511 e. The Morgan fingerprint density at radius 3 is 2.77 bits per heavy atom. The van der Waals surface area contributed by atoms with Crippen LogP contribution in [0.1, 0.15) is 32.6 Å². The topological polar surface area (TPSA) is 68.1 Å². The second kappa shape index (κ2) is 7.42. The quantitative estimate of drug-likeness (QED) is 0.469. The molecule has 0 aliphatic carbocycles. The second-order valence-electron chi connectivity index (χ2n) is 5.37. The predicted molar refractivity (Wildman–Crippen MR) is 88.3 cm³/mol. The second-order valence-corrected chi connectivity index (χ2v) is 7.12. The van der Waals surface area contributed by atoms with Gasteiger partial charge in [0.25, 0.3) is 0 Å². The first-order chi connectivity index (χ1) is 10.5. The van der Waals surface area contributed by atoms with Crippen LogP contribution in [0.15, 0.2) is 28.1 Å². The van der Waals surface area contributed by atoms with Gasteiger partial charge in [0.05, 0.1) is 10.7 Å². The third kappa shape index (κ3) is 3.98. The lowest BCUT2D eigenvalue weighted by atomic mass is 9.87. The monoisotopic (exact) mass is 345 g/mol. The van der Waals surface area contributed by atoms with Crippen molar-refractivity contribution in [2.45, 2.75) is 38.2 Å². The number of ether oxygens (including phenoxy) is 1. The van der Waals surface area contributed by atoms with E-state index in [2.05, 4.69) is 11.7 Å². The van der Waals surface area contributed by atoms with E-state index in [4.69, 9.17) is 21.2 Å². The summed E-state index contributed by atoms with van der Waals surface area (Å²) in [6, 6.07) is 0. The van der Waals surface area contributed by atoms with E-state index in [0.717, 1.165) is 24.3 Å². The normalized spacial score (nSPS) is 21.7. The van der Waals surface area contributed by atoms with E-state index in [-0.39, 0.29) is 17.9 Å². The van der Waals surface area contributed by atoms with Gasteiger partial charge in [0, 0.05) is 6.42 Å². The number of aliphatic hydroxyl groups is 1. The van der Waals surface area contributed by atoms with Crippen molar-refractivity contribution in [3.05, 3.63) is 22.9 Å². The molecular formula is C15H20ClNO4S. The Bertz CT molecular complexity index is 524. The third-order valence-electron chi connectivity index (χ3n) is 3.71. The largest absolute Gasteiger partial charge is 0.511 e. The van der Waals surface area contributed by atoms with Crippen molar-refractivity contribution < 1.29 is 19.5 Å². The highest BCUT2D eigenvalue weighted by molar-refractivity contribution is 7.99. The average molecular weight is 346 g/mol. The molecule has 0 aromatic rings. The number of esters is 1. The Morgan fingerprint density at radius 2 is 2.23 bits per heavy atom. The molecule has 0 atom stereocenters. The molecule has 2 aliphatic rings. The van der Waals surface area contributed by atoms with Crippen LogP contribution in [0.3, 0.4) is 0 Å². The lowest BCUT2D eigenvalue weighted by Gasteiger charge is -2.39. The van der Waals surface area contributed by atoms with E-state index in [1.54, 1.807) is 0 Å². The molecule has 2 heterocycles. The molecule has 0 aromatic carbocycles. The summed E-state index contributed by atoms with van der Waals surface area (Å²) in [5.74, 6) is 1.39. The van der Waals surface area contributed by atoms with Crippen LogP contribution in [0.2, 0.25) is 0 Å². The standard InChI is InChI=1S/C15H20ClNO4S/c1-3-11(17-20-9-10(2)16)13-12(18)8-15(21-14(13)19)4-6-22-7-5-15/h18H,2-9H2,1H3. The van der Waals surface area contributed by atoms with Crippen molar-refractivity contribution in [2.24, 2.45) is 5.16 Å². The number of nitrogens with zero attached hydrogens (tertiary/aromatic N) is 1. The zero-order valence-corrected chi connectivity index (χ0v) is 14.1. The lowest BCUT2D eigenvalue weighted by Crippen LogP contribution is -2.44. The van der Waals surface area contributed by atoms with Crippen LogP contribution >= 0.6 is 23.4 Å². The van der Waals surface area contributed by atoms with Crippen molar-refractivity contribution in [1.82, 2.24) is 0 Å². The van der Waals surface area contributed by atoms with Crippen LogP contribution < -0.4 is 0 Å². The zero-order chi connectivity index (χ0) is 16.2. The van der Waals surface area contributed by atoms with E-state index < -0.39 is 11.6 Å². The van der Waals surface area contributed by atoms with E-state index in [1.165, 1.54) is 0 Å². The number of carbonyl (C=O) groups is 1. The third-order valence-corrected chi connectivity index (χ3v) is 4.81. The van der Waals surface area contributed by atoms with Crippen molar-refractivity contribution in [3.63, 3.8) is 0 Å². The van der Waals surface area contributed by atoms with E-state index >= 15 is 0 Å². The van der Waals surface area contributed by atoms with Crippen LogP contribution in [-0.2, 0) is 14.4 Å². The first-order valence-electron chi connectivity index (χ1n) is 7.23. The number of oxime groups is 1. The van der Waals surface area contributed by atoms with Gasteiger partial charge in [-0.25, -0.2) is 4.79 Å². The minimum atomic E-state index is -0.556. The maximum Gasteiger partial charge on any atom is 0.344 e. The fourth-order valence-corrected chi connectivity index (χ4v) is 3.85. The molecule has 1 N–H and O–H groups in total. The Labute approximate surface area is 139 Å². The molecule has 22 heavy (non-hydrogen) atoms. The number of thioether (sulfide) groups is 1. The molecule has 0 radical (unpaired) electrons. The van der Waals surface area contributed by atoms with Crippen molar-refractivity contribution in [2.75, 3.05) is 18.1 Å². The summed E-state index contributed by atoms with van der Waals surface area (Å²) in [5, 5.41) is 14.6. The Morgan fingerprint density at radius 1 is 1.55 bits per heavy atom. The molecule has 1 spiro atoms. The summed E-state index contributed by atoms with van der Waals surface area (Å²) >= 11 is 7.44. The van der Waals surface area contributed by atoms with Crippen LogP contribution in [0, 0.1) is 0 Å². The van der Waals surface area contributed by atoms with Gasteiger partial charge in [-0.15, -0.1) is 0 Å². The summed E-state index contributed by atoms with van der Waals surface area (Å²) < 4.78 is 5.66. The van der Waals surface area contributed by atoms with Crippen molar-refractivity contribution >= 4 is 35.0 Å². The van der Waals surface area contributed by atoms with Crippen LogP contribution in [0.4, 0.5) is 0 Å². The fraction of sp³-hybridized carbons (Fsp3) is 0.600. The molecule has 0 bridgehead atoms. The number of hydrogen-bond donors (Lipinski definition) is 1. The highest BCUT2D eigenvalue weighted by atomic mass is 35.5. The number of aliphatic hydroxyl groups excluding tert-OH is 1. The van der Waals surface area contributed by atoms with Crippen LogP contribution in [0.25, 0.3) is 0 Å². The van der Waals surface area contributed by atoms with Gasteiger partial charge in [-0.3, -0.25) is 0 Å².